The Labute approximate surface area is 129 Å². The van der Waals surface area contributed by atoms with Gasteiger partial charge in [0.2, 0.25) is 5.95 Å². The summed E-state index contributed by atoms with van der Waals surface area (Å²) < 4.78 is 5.51. The minimum Gasteiger partial charge on any atom is -0.463 e. The Hall–Kier alpha value is -2.62. The molecule has 110 valence electrons. The van der Waals surface area contributed by atoms with E-state index in [0.29, 0.717) is 5.92 Å². The second-order valence-corrected chi connectivity index (χ2v) is 5.98. The largest absolute Gasteiger partial charge is 0.463 e. The molecule has 1 aromatic carbocycles. The lowest BCUT2D eigenvalue weighted by Gasteiger charge is -2.08. The molecule has 4 heteroatoms. The summed E-state index contributed by atoms with van der Waals surface area (Å²) in [5, 5.41) is 0. The lowest BCUT2D eigenvalue weighted by Crippen LogP contribution is -2.01. The summed E-state index contributed by atoms with van der Waals surface area (Å²) in [6, 6.07) is 10.4. The Morgan fingerprint density at radius 3 is 2.68 bits per heavy atom. The fraction of sp³-hybridized carbons (Fsp3) is 0.222. The van der Waals surface area contributed by atoms with Crippen LogP contribution in [0.1, 0.15) is 36.5 Å². The zero-order chi connectivity index (χ0) is 15.3. The first kappa shape index (κ1) is 13.1. The van der Waals surface area contributed by atoms with E-state index >= 15 is 0 Å². The maximum absolute atomic E-state index is 5.93. The predicted molar refractivity (Wildman–Crippen MR) is 86.5 cm³/mol. The Bertz CT molecular complexity index is 851. The lowest BCUT2D eigenvalue weighted by atomic mass is 9.98. The van der Waals surface area contributed by atoms with Gasteiger partial charge in [-0.05, 0) is 35.2 Å². The van der Waals surface area contributed by atoms with E-state index in [-0.39, 0.29) is 5.95 Å². The fourth-order valence-electron chi connectivity index (χ4n) is 3.03. The normalized spacial score (nSPS) is 12.5. The zero-order valence-corrected chi connectivity index (χ0v) is 12.6. The average molecular weight is 291 g/mol. The summed E-state index contributed by atoms with van der Waals surface area (Å²) in [6.45, 7) is 4.39. The summed E-state index contributed by atoms with van der Waals surface area (Å²) in [6.07, 6.45) is 2.47. The molecule has 2 aromatic heterocycles. The summed E-state index contributed by atoms with van der Waals surface area (Å²) in [5.74, 6) is 1.51. The van der Waals surface area contributed by atoms with E-state index in [1.54, 1.807) is 6.26 Å². The van der Waals surface area contributed by atoms with Crippen LogP contribution >= 0.6 is 0 Å². The molecule has 3 aromatic rings. The van der Waals surface area contributed by atoms with Crippen molar-refractivity contribution in [1.29, 1.82) is 0 Å². The lowest BCUT2D eigenvalue weighted by molar-refractivity contribution is 0.579. The molecule has 0 aliphatic heterocycles. The first-order valence-electron chi connectivity index (χ1n) is 7.47. The number of benzene rings is 1. The van der Waals surface area contributed by atoms with Gasteiger partial charge in [-0.25, -0.2) is 9.97 Å². The molecule has 1 aliphatic carbocycles. The second-order valence-electron chi connectivity index (χ2n) is 5.98. The number of aromatic nitrogens is 2. The van der Waals surface area contributed by atoms with Gasteiger partial charge in [-0.3, -0.25) is 0 Å². The van der Waals surface area contributed by atoms with Crippen LogP contribution in [-0.4, -0.2) is 9.97 Å². The van der Waals surface area contributed by atoms with E-state index < -0.39 is 0 Å². The van der Waals surface area contributed by atoms with Crippen LogP contribution in [0.4, 0.5) is 5.95 Å². The molecule has 0 fully saturated rings. The van der Waals surface area contributed by atoms with E-state index in [1.165, 1.54) is 16.7 Å². The molecule has 0 atom stereocenters. The molecular weight excluding hydrogens is 274 g/mol. The highest BCUT2D eigenvalue weighted by molar-refractivity contribution is 5.80. The number of rotatable bonds is 2. The molecule has 1 aliphatic rings. The third-order valence-electron chi connectivity index (χ3n) is 4.20. The molecule has 0 saturated heterocycles. The first-order chi connectivity index (χ1) is 10.6. The van der Waals surface area contributed by atoms with Gasteiger partial charge in [0.05, 0.1) is 12.0 Å². The Balaban J connectivity index is 1.94. The average Bonchev–Trinajstić information content (AvgIpc) is 3.13. The van der Waals surface area contributed by atoms with E-state index in [9.17, 15) is 0 Å². The molecule has 0 unspecified atom stereocenters. The monoisotopic (exact) mass is 291 g/mol. The minimum atomic E-state index is 0.285. The number of hydrogen-bond donors (Lipinski definition) is 1. The second kappa shape index (κ2) is 4.70. The summed E-state index contributed by atoms with van der Waals surface area (Å²) in [4.78, 5) is 8.89. The minimum absolute atomic E-state index is 0.285. The standard InChI is InChI=1S/C18H17N3O/c1-10(2)11-5-6-12-9-14-16(13(12)8-11)20-18(19)21-17(14)15-4-3-7-22-15/h3-8,10H,9H2,1-2H3,(H2,19,20,21). The van der Waals surface area contributed by atoms with Gasteiger partial charge in [-0.15, -0.1) is 0 Å². The maximum atomic E-state index is 5.93. The van der Waals surface area contributed by atoms with E-state index in [0.717, 1.165) is 29.1 Å². The quantitative estimate of drug-likeness (QED) is 0.606. The van der Waals surface area contributed by atoms with Crippen LogP contribution in [0.5, 0.6) is 0 Å². The van der Waals surface area contributed by atoms with Gasteiger partial charge in [0, 0.05) is 17.5 Å². The number of hydrogen-bond acceptors (Lipinski definition) is 4. The van der Waals surface area contributed by atoms with Crippen LogP contribution in [-0.2, 0) is 6.42 Å². The van der Waals surface area contributed by atoms with Gasteiger partial charge in [0.25, 0.3) is 0 Å². The summed E-state index contributed by atoms with van der Waals surface area (Å²) in [7, 11) is 0. The van der Waals surface area contributed by atoms with Crippen molar-refractivity contribution in [2.24, 2.45) is 0 Å². The SMILES string of the molecule is CC(C)c1ccc2c(c1)-c1nc(N)nc(-c3ccco3)c1C2. The molecule has 2 heterocycles. The van der Waals surface area contributed by atoms with Crippen LogP contribution in [0.25, 0.3) is 22.7 Å². The molecule has 0 radical (unpaired) electrons. The number of nitrogens with two attached hydrogens (primary N) is 1. The van der Waals surface area contributed by atoms with Crippen molar-refractivity contribution in [3.8, 4) is 22.7 Å². The number of furan rings is 1. The van der Waals surface area contributed by atoms with Gasteiger partial charge in [0.15, 0.2) is 5.76 Å². The molecule has 4 rings (SSSR count). The van der Waals surface area contributed by atoms with Crippen molar-refractivity contribution >= 4 is 5.95 Å². The van der Waals surface area contributed by atoms with Crippen LogP contribution in [0.15, 0.2) is 41.0 Å². The number of fused-ring (bicyclic) bond motifs is 3. The highest BCUT2D eigenvalue weighted by Gasteiger charge is 2.26. The molecule has 0 spiro atoms. The molecule has 2 N–H and O–H groups in total. The van der Waals surface area contributed by atoms with Crippen LogP contribution < -0.4 is 5.73 Å². The van der Waals surface area contributed by atoms with Crippen molar-refractivity contribution in [3.05, 3.63) is 53.3 Å². The number of nitrogen functional groups attached to an aromatic ring is 1. The summed E-state index contributed by atoms with van der Waals surface area (Å²) in [5.41, 5.74) is 12.5. The highest BCUT2D eigenvalue weighted by Crippen LogP contribution is 2.41. The number of nitrogens with zero attached hydrogens (tertiary/aromatic N) is 2. The van der Waals surface area contributed by atoms with Crippen LogP contribution in [0.3, 0.4) is 0 Å². The van der Waals surface area contributed by atoms with Gasteiger partial charge in [-0.1, -0.05) is 26.0 Å². The van der Waals surface area contributed by atoms with Crippen LogP contribution in [0, 0.1) is 0 Å². The Morgan fingerprint density at radius 2 is 1.95 bits per heavy atom. The van der Waals surface area contributed by atoms with Gasteiger partial charge in [-0.2, -0.15) is 0 Å². The number of anilines is 1. The fourth-order valence-corrected chi connectivity index (χ4v) is 3.03. The smallest absolute Gasteiger partial charge is 0.221 e. The zero-order valence-electron chi connectivity index (χ0n) is 12.6. The van der Waals surface area contributed by atoms with Crippen molar-refractivity contribution in [2.75, 3.05) is 5.73 Å². The maximum Gasteiger partial charge on any atom is 0.221 e. The van der Waals surface area contributed by atoms with E-state index in [1.807, 2.05) is 12.1 Å². The van der Waals surface area contributed by atoms with Gasteiger partial charge < -0.3 is 10.2 Å². The van der Waals surface area contributed by atoms with Crippen LogP contribution in [0.2, 0.25) is 0 Å². The highest BCUT2D eigenvalue weighted by atomic mass is 16.3. The van der Waals surface area contributed by atoms with Gasteiger partial charge in [0.1, 0.15) is 5.69 Å². The van der Waals surface area contributed by atoms with Gasteiger partial charge >= 0.3 is 0 Å². The van der Waals surface area contributed by atoms with Crippen molar-refractivity contribution in [1.82, 2.24) is 9.97 Å². The molecule has 0 bridgehead atoms. The van der Waals surface area contributed by atoms with E-state index in [4.69, 9.17) is 10.2 Å². The van der Waals surface area contributed by atoms with Crippen molar-refractivity contribution < 1.29 is 4.42 Å². The van der Waals surface area contributed by atoms with E-state index in [2.05, 4.69) is 42.0 Å². The third kappa shape index (κ3) is 1.91. The topological polar surface area (TPSA) is 64.9 Å². The van der Waals surface area contributed by atoms with Crippen molar-refractivity contribution in [2.45, 2.75) is 26.2 Å². The molecule has 22 heavy (non-hydrogen) atoms. The Kier molecular flexibility index (Phi) is 2.79. The summed E-state index contributed by atoms with van der Waals surface area (Å²) >= 11 is 0. The predicted octanol–water partition coefficient (Wildman–Crippen LogP) is 4.01. The first-order valence-corrected chi connectivity index (χ1v) is 7.47. The molecule has 4 nitrogen and oxygen atoms in total. The Morgan fingerprint density at radius 1 is 1.14 bits per heavy atom. The molecule has 0 saturated carbocycles. The molecular formula is C18H17N3O. The molecule has 0 amide bonds. The van der Waals surface area contributed by atoms with Crippen molar-refractivity contribution in [3.63, 3.8) is 0 Å². The third-order valence-corrected chi connectivity index (χ3v) is 4.20.